The van der Waals surface area contributed by atoms with Gasteiger partial charge in [0.05, 0.1) is 69.0 Å². The van der Waals surface area contributed by atoms with E-state index in [1.165, 1.54) is 36.4 Å². The lowest BCUT2D eigenvalue weighted by Crippen LogP contribution is -2.28. The number of phosphoric acid groups is 2. The van der Waals surface area contributed by atoms with E-state index in [9.17, 15) is 104 Å². The number of rotatable bonds is 20. The lowest BCUT2D eigenvalue weighted by atomic mass is 9.95. The molecule has 4 amide bonds. The lowest BCUT2D eigenvalue weighted by Gasteiger charge is -2.18. The highest BCUT2D eigenvalue weighted by atomic mass is 35.5. The molecule has 2 aliphatic heterocycles. The highest BCUT2D eigenvalue weighted by molar-refractivity contribution is 7.47. The molecule has 30 nitrogen and oxygen atoms in total. The van der Waals surface area contributed by atoms with Crippen molar-refractivity contribution in [3.8, 4) is 11.5 Å². The summed E-state index contributed by atoms with van der Waals surface area (Å²) in [6.07, 6.45) is -8.64. The maximum absolute atomic E-state index is 14.8. The third-order valence-electron chi connectivity index (χ3n) is 14.5. The van der Waals surface area contributed by atoms with Gasteiger partial charge >= 0.3 is 63.5 Å². The van der Waals surface area contributed by atoms with Crippen LogP contribution >= 0.6 is 38.8 Å². The summed E-state index contributed by atoms with van der Waals surface area (Å²) in [6.45, 7) is -2.20. The second kappa shape index (κ2) is 27.3. The van der Waals surface area contributed by atoms with Crippen LogP contribution in [-0.2, 0) is 63.2 Å². The monoisotopic (exact) mass is 1430 g/mol. The van der Waals surface area contributed by atoms with E-state index in [-0.39, 0.29) is 58.5 Å². The molecule has 0 radical (unpaired) electrons. The number of carbonyl (C=O) groups is 6. The molecule has 0 fully saturated rings. The van der Waals surface area contributed by atoms with Gasteiger partial charge in [-0.2, -0.15) is 26.3 Å². The number of halogens is 8. The van der Waals surface area contributed by atoms with Gasteiger partial charge in [-0.25, -0.2) is 28.3 Å². The van der Waals surface area contributed by atoms with Crippen LogP contribution in [0.5, 0.6) is 11.5 Å². The first-order valence-corrected chi connectivity index (χ1v) is 31.1. The van der Waals surface area contributed by atoms with Crippen LogP contribution in [0.2, 0.25) is 0 Å². The van der Waals surface area contributed by atoms with Crippen molar-refractivity contribution < 1.29 is 122 Å². The summed E-state index contributed by atoms with van der Waals surface area (Å²) in [5.41, 5.74) is -9.20. The minimum atomic E-state index is -5.36. The van der Waals surface area contributed by atoms with Crippen LogP contribution in [0.15, 0.2) is 84.9 Å². The second-order valence-electron chi connectivity index (χ2n) is 20.6. The van der Waals surface area contributed by atoms with Gasteiger partial charge in [0.1, 0.15) is 24.6 Å². The Bertz CT molecular complexity index is 4290. The summed E-state index contributed by atoms with van der Waals surface area (Å²) in [6, 6.07) is 13.4. The Morgan fingerprint density at radius 3 is 1.32 bits per heavy atom. The average molecular weight is 1430 g/mol. The number of carbonyl (C=O) groups excluding carboxylic acids is 6. The van der Waals surface area contributed by atoms with Gasteiger partial charge in [-0.3, -0.25) is 60.0 Å². The number of amides is 4. The first-order chi connectivity index (χ1) is 45.0. The van der Waals surface area contributed by atoms with Crippen molar-refractivity contribution in [3.05, 3.63) is 161 Å². The molecule has 4 heterocycles. The van der Waals surface area contributed by atoms with Crippen LogP contribution in [0.25, 0.3) is 34.0 Å². The third kappa shape index (κ3) is 15.0. The van der Waals surface area contributed by atoms with Gasteiger partial charge in [0.15, 0.2) is 0 Å². The van der Waals surface area contributed by atoms with Crippen molar-refractivity contribution in [1.29, 1.82) is 0 Å². The average Bonchev–Trinajstić information content (AvgIpc) is 1.57. The minimum Gasteiger partial charge on any atom is -0.465 e. The number of hydrogen-bond donors (Lipinski definition) is 8. The minimum absolute atomic E-state index is 0.0539. The Labute approximate surface area is 542 Å². The predicted octanol–water partition coefficient (Wildman–Crippen LogP) is 11.3. The first-order valence-electron chi connectivity index (χ1n) is 26.9. The van der Waals surface area contributed by atoms with Crippen molar-refractivity contribution in [2.75, 3.05) is 59.5 Å². The number of fused-ring (bicyclic) bond motifs is 6. The molecule has 0 spiro atoms. The predicted molar refractivity (Wildman–Crippen MR) is 325 cm³/mol. The number of nitro groups is 2. The smallest absolute Gasteiger partial charge is 0.465 e. The molecule has 2 unspecified atom stereocenters. The SMILES string of the molecule is COC(=O)c1c(C(F)(F)F)[nH]c2c(NC(=O)OCc3ccc([N+](=O)[O-])c(OP(=O)(O)O)c3)cc3c(c12)C(CCl)CN3C(=O)C=Cc1cccc(C=CC(=O)N2CC(CCl)c3c2cc(NC(=O)OCc2ccc([N+](=O)[O-])c(OP(=O)(O)O)c2)c2[nH]c(C(F)(F)F)c(C(=O)OC)c32)c1. The zero-order chi connectivity index (χ0) is 70.3. The molecule has 506 valence electrons. The van der Waals surface area contributed by atoms with E-state index in [4.69, 9.17) is 42.1 Å². The molecule has 96 heavy (non-hydrogen) atoms. The lowest BCUT2D eigenvalue weighted by molar-refractivity contribution is -0.385. The summed E-state index contributed by atoms with van der Waals surface area (Å²) < 4.78 is 141. The van der Waals surface area contributed by atoms with E-state index in [1.54, 1.807) is 0 Å². The number of H-pyrrole nitrogens is 2. The van der Waals surface area contributed by atoms with Gasteiger partial charge in [0.25, 0.3) is 11.8 Å². The van der Waals surface area contributed by atoms with Crippen LogP contribution in [0.1, 0.15) is 77.3 Å². The largest absolute Gasteiger partial charge is 0.525 e. The Morgan fingerprint density at radius 1 is 0.625 bits per heavy atom. The van der Waals surface area contributed by atoms with Crippen molar-refractivity contribution in [2.45, 2.75) is 37.4 Å². The van der Waals surface area contributed by atoms with Crippen LogP contribution in [0, 0.1) is 20.2 Å². The maximum Gasteiger partial charge on any atom is 0.525 e. The van der Waals surface area contributed by atoms with Crippen LogP contribution < -0.4 is 29.5 Å². The van der Waals surface area contributed by atoms with Crippen LogP contribution in [-0.4, -0.2) is 114 Å². The second-order valence-corrected chi connectivity index (χ2v) is 23.5. The molecule has 7 aromatic rings. The zero-order valence-corrected chi connectivity index (χ0v) is 51.8. The molecule has 0 aliphatic carbocycles. The van der Waals surface area contributed by atoms with Gasteiger partial charge in [0.2, 0.25) is 11.5 Å². The number of phosphoric ester groups is 2. The normalized spacial score (nSPS) is 14.8. The Kier molecular flexibility index (Phi) is 20.0. The van der Waals surface area contributed by atoms with Crippen LogP contribution in [0.3, 0.4) is 0 Å². The summed E-state index contributed by atoms with van der Waals surface area (Å²) in [7, 11) is -9.10. The number of nitrogens with zero attached hydrogens (tertiary/aromatic N) is 4. The van der Waals surface area contributed by atoms with Crippen molar-refractivity contribution in [1.82, 2.24) is 9.97 Å². The van der Waals surface area contributed by atoms with E-state index >= 15 is 0 Å². The van der Waals surface area contributed by atoms with Crippen LogP contribution in [0.4, 0.5) is 70.1 Å². The number of nitro benzene ring substituents is 2. The molecule has 2 atom stereocenters. The number of methoxy groups -OCH3 is 2. The molecule has 2 aromatic heterocycles. The Morgan fingerprint density at radius 2 is 1.00 bits per heavy atom. The highest BCUT2D eigenvalue weighted by Crippen LogP contribution is 2.52. The Hall–Kier alpha value is -10.1. The molecule has 0 saturated carbocycles. The number of nitrogens with one attached hydrogen (secondary N) is 4. The quantitative estimate of drug-likeness (QED) is 0.00513. The van der Waals surface area contributed by atoms with E-state index in [0.717, 1.165) is 84.7 Å². The molecule has 5 aromatic carbocycles. The van der Waals surface area contributed by atoms with E-state index < -0.39 is 177 Å². The molecule has 2 aliphatic rings. The Balaban J connectivity index is 1.00. The topological polar surface area (TPSA) is 421 Å². The molecule has 8 N–H and O–H groups in total. The van der Waals surface area contributed by atoms with E-state index in [0.29, 0.717) is 11.1 Å². The molecule has 9 rings (SSSR count). The number of aromatic amines is 2. The molecular weight excluding hydrogens is 1380 g/mol. The zero-order valence-electron chi connectivity index (χ0n) is 48.5. The molecular formula is C56H44Cl2F6N8O22P2. The number of benzene rings is 5. The number of aromatic nitrogens is 2. The third-order valence-corrected chi connectivity index (χ3v) is 16.1. The fourth-order valence-corrected chi connectivity index (χ4v) is 11.9. The summed E-state index contributed by atoms with van der Waals surface area (Å²) >= 11 is 12.8. The molecule has 0 bridgehead atoms. The number of ether oxygens (including phenoxy) is 4. The van der Waals surface area contributed by atoms with Crippen molar-refractivity contribution in [2.24, 2.45) is 0 Å². The number of alkyl halides is 8. The highest BCUT2D eigenvalue weighted by Gasteiger charge is 2.46. The van der Waals surface area contributed by atoms with Gasteiger partial charge < -0.3 is 47.8 Å². The van der Waals surface area contributed by atoms with E-state index in [2.05, 4.69) is 29.6 Å². The number of anilines is 4. The standard InChI is InChI=1S/C56H44Cl2F6N8O22P2/c1-89-51(75)45-43-41-29(19-57)21-69(35(41)17-31(47(43)67-49(45)55(59,60)61)65-53(77)91-23-27-6-10-33(71(79)80)37(15-27)93-95(83,84)85)39(73)12-8-25-4-3-5-26(14-25)9-13-40(74)70-22-30(20-58)42-36(70)18-32(48-44(42)46(52(76)90-2)50(68-48)56(62,63)64)66-54(78)92-24-28-7-11-34(72(81)82)38(16-28)94-96(86,87)88/h3-18,29-30,67-68H,19-24H2,1-2H3,(H,65,77)(H,66,78)(H2,83,84,85)(H2,86,87,88). The summed E-state index contributed by atoms with van der Waals surface area (Å²) in [4.78, 5) is 147. The van der Waals surface area contributed by atoms with Gasteiger partial charge in [-0.1, -0.05) is 18.2 Å². The van der Waals surface area contributed by atoms with E-state index in [1.807, 2.05) is 0 Å². The van der Waals surface area contributed by atoms with Crippen molar-refractivity contribution in [3.63, 3.8) is 0 Å². The number of esters is 2. The summed E-state index contributed by atoms with van der Waals surface area (Å²) in [5.74, 6) is -9.13. The fourth-order valence-electron chi connectivity index (χ4n) is 10.6. The summed E-state index contributed by atoms with van der Waals surface area (Å²) in [5, 5.41) is 26.6. The molecule has 0 saturated heterocycles. The fraction of sp³-hybridized carbons (Fsp3) is 0.214. The van der Waals surface area contributed by atoms with Crippen molar-refractivity contribution >= 4 is 143 Å². The van der Waals surface area contributed by atoms with Gasteiger partial charge in [-0.05, 0) is 88.0 Å². The maximum atomic E-state index is 14.8. The van der Waals surface area contributed by atoms with Gasteiger partial charge in [0, 0.05) is 71.7 Å². The van der Waals surface area contributed by atoms with Gasteiger partial charge in [-0.15, -0.1) is 23.2 Å². The number of hydrogen-bond acceptors (Lipinski definition) is 18. The first kappa shape index (κ1) is 70.3. The molecule has 40 heteroatoms.